The van der Waals surface area contributed by atoms with Gasteiger partial charge in [-0.3, -0.25) is 4.79 Å². The summed E-state index contributed by atoms with van der Waals surface area (Å²) in [5.74, 6) is -0.00424. The molecule has 0 atom stereocenters. The lowest BCUT2D eigenvalue weighted by Crippen LogP contribution is -2.39. The largest absolute Gasteiger partial charge is 0.369 e. The van der Waals surface area contributed by atoms with Crippen molar-refractivity contribution in [3.8, 4) is 0 Å². The molecule has 0 aromatic heterocycles. The molecule has 1 rings (SSSR count). The van der Waals surface area contributed by atoms with Gasteiger partial charge in [-0.05, 0) is 52.5 Å². The Balaban J connectivity index is 0.00000196. The summed E-state index contributed by atoms with van der Waals surface area (Å²) in [6.07, 6.45) is 3.06. The molecule has 1 amide bonds. The third-order valence-electron chi connectivity index (χ3n) is 2.89. The molecule has 1 aliphatic heterocycles. The van der Waals surface area contributed by atoms with Crippen LogP contribution < -0.4 is 11.1 Å². The molecule has 1 aliphatic rings. The van der Waals surface area contributed by atoms with Crippen LogP contribution in [-0.2, 0) is 4.79 Å². The predicted molar refractivity (Wildman–Crippen MR) is 64.2 cm³/mol. The van der Waals surface area contributed by atoms with Crippen LogP contribution in [0.3, 0.4) is 0 Å². The molecule has 4 nitrogen and oxygen atoms in total. The first kappa shape index (κ1) is 14.7. The molecule has 15 heavy (non-hydrogen) atoms. The summed E-state index contributed by atoms with van der Waals surface area (Å²) in [5.41, 5.74) is 5.27. The van der Waals surface area contributed by atoms with Gasteiger partial charge < -0.3 is 16.0 Å². The van der Waals surface area contributed by atoms with Gasteiger partial charge in [0, 0.05) is 5.92 Å². The van der Waals surface area contributed by atoms with Gasteiger partial charge in [-0.1, -0.05) is 0 Å². The van der Waals surface area contributed by atoms with Gasteiger partial charge in [-0.25, -0.2) is 0 Å². The minimum atomic E-state index is -0.125. The van der Waals surface area contributed by atoms with E-state index in [1.807, 2.05) is 7.05 Å². The number of halogens is 1. The van der Waals surface area contributed by atoms with Crippen LogP contribution in [0.5, 0.6) is 0 Å². The van der Waals surface area contributed by atoms with Crippen molar-refractivity contribution >= 4 is 18.3 Å². The highest BCUT2D eigenvalue weighted by molar-refractivity contribution is 5.85. The van der Waals surface area contributed by atoms with Crippen molar-refractivity contribution in [1.82, 2.24) is 10.2 Å². The zero-order chi connectivity index (χ0) is 10.4. The maximum Gasteiger partial charge on any atom is 0.220 e. The molecular weight excluding hydrogens is 214 g/mol. The standard InChI is InChI=1S/C10H21N3O.ClH/c1-12-5-2-6-13-7-3-9(4-8-13)10(11)14;/h9,12H,2-8H2,1H3,(H2,11,14);1H. The van der Waals surface area contributed by atoms with E-state index in [0.29, 0.717) is 0 Å². The zero-order valence-electron chi connectivity index (χ0n) is 9.37. The molecule has 0 aromatic carbocycles. The predicted octanol–water partition coefficient (Wildman–Crippen LogP) is 0.215. The number of nitrogens with one attached hydrogen (secondary N) is 1. The van der Waals surface area contributed by atoms with Crippen LogP contribution in [0.15, 0.2) is 0 Å². The minimum Gasteiger partial charge on any atom is -0.369 e. The third kappa shape index (κ3) is 5.35. The summed E-state index contributed by atoms with van der Waals surface area (Å²) >= 11 is 0. The second-order valence-corrected chi connectivity index (χ2v) is 3.98. The molecule has 90 valence electrons. The first-order valence-electron chi connectivity index (χ1n) is 5.40. The highest BCUT2D eigenvalue weighted by atomic mass is 35.5. The fourth-order valence-electron chi connectivity index (χ4n) is 1.92. The van der Waals surface area contributed by atoms with Crippen LogP contribution in [0.4, 0.5) is 0 Å². The summed E-state index contributed by atoms with van der Waals surface area (Å²) in [6, 6.07) is 0. The number of nitrogens with two attached hydrogens (primary N) is 1. The van der Waals surface area contributed by atoms with Gasteiger partial charge in [0.15, 0.2) is 0 Å². The molecule has 0 saturated carbocycles. The number of carbonyl (C=O) groups excluding carboxylic acids is 1. The zero-order valence-corrected chi connectivity index (χ0v) is 10.2. The summed E-state index contributed by atoms with van der Waals surface area (Å²) in [5, 5.41) is 3.13. The second kappa shape index (κ2) is 7.91. The topological polar surface area (TPSA) is 58.4 Å². The lowest BCUT2D eigenvalue weighted by atomic mass is 9.96. The van der Waals surface area contributed by atoms with E-state index in [-0.39, 0.29) is 24.2 Å². The second-order valence-electron chi connectivity index (χ2n) is 3.98. The molecule has 0 radical (unpaired) electrons. The summed E-state index contributed by atoms with van der Waals surface area (Å²) in [4.78, 5) is 13.3. The molecule has 5 heteroatoms. The molecule has 3 N–H and O–H groups in total. The van der Waals surface area contributed by atoms with E-state index in [1.165, 1.54) is 6.42 Å². The van der Waals surface area contributed by atoms with Crippen molar-refractivity contribution in [2.45, 2.75) is 19.3 Å². The molecule has 1 saturated heterocycles. The maximum atomic E-state index is 10.9. The van der Waals surface area contributed by atoms with Crippen LogP contribution >= 0.6 is 12.4 Å². The molecular formula is C10H22ClN3O. The Morgan fingerprint density at radius 3 is 2.53 bits per heavy atom. The Bertz CT molecular complexity index is 182. The minimum absolute atomic E-state index is 0. The van der Waals surface area contributed by atoms with Crippen molar-refractivity contribution in [2.75, 3.05) is 33.2 Å². The van der Waals surface area contributed by atoms with Gasteiger partial charge in [0.2, 0.25) is 5.91 Å². The Kier molecular flexibility index (Phi) is 7.74. The molecule has 0 aromatic rings. The van der Waals surface area contributed by atoms with E-state index >= 15 is 0 Å². The molecule has 0 bridgehead atoms. The highest BCUT2D eigenvalue weighted by Crippen LogP contribution is 2.16. The normalized spacial score (nSPS) is 18.5. The van der Waals surface area contributed by atoms with E-state index in [1.54, 1.807) is 0 Å². The molecule has 0 aliphatic carbocycles. The molecule has 1 fully saturated rings. The maximum absolute atomic E-state index is 10.9. The number of piperidine rings is 1. The Hall–Kier alpha value is -0.320. The number of rotatable bonds is 5. The van der Waals surface area contributed by atoms with Crippen LogP contribution in [0.25, 0.3) is 0 Å². The van der Waals surface area contributed by atoms with Gasteiger partial charge in [-0.15, -0.1) is 12.4 Å². The van der Waals surface area contributed by atoms with Crippen LogP contribution in [0.1, 0.15) is 19.3 Å². The van der Waals surface area contributed by atoms with E-state index in [9.17, 15) is 4.79 Å². The van der Waals surface area contributed by atoms with E-state index in [0.717, 1.165) is 39.0 Å². The van der Waals surface area contributed by atoms with E-state index in [4.69, 9.17) is 5.73 Å². The number of carbonyl (C=O) groups is 1. The van der Waals surface area contributed by atoms with Crippen molar-refractivity contribution in [1.29, 1.82) is 0 Å². The van der Waals surface area contributed by atoms with Gasteiger partial charge in [0.25, 0.3) is 0 Å². The van der Waals surface area contributed by atoms with Crippen LogP contribution in [0, 0.1) is 5.92 Å². The monoisotopic (exact) mass is 235 g/mol. The van der Waals surface area contributed by atoms with E-state index in [2.05, 4.69) is 10.2 Å². The fraction of sp³-hybridized carbons (Fsp3) is 0.900. The van der Waals surface area contributed by atoms with Gasteiger partial charge in [0.05, 0.1) is 0 Å². The first-order chi connectivity index (χ1) is 6.74. The number of nitrogens with zero attached hydrogens (tertiary/aromatic N) is 1. The van der Waals surface area contributed by atoms with Crippen LogP contribution in [-0.4, -0.2) is 44.0 Å². The first-order valence-corrected chi connectivity index (χ1v) is 5.40. The van der Waals surface area contributed by atoms with Crippen molar-refractivity contribution < 1.29 is 4.79 Å². The Morgan fingerprint density at radius 2 is 2.07 bits per heavy atom. The number of hydrogen-bond donors (Lipinski definition) is 2. The van der Waals surface area contributed by atoms with Crippen LogP contribution in [0.2, 0.25) is 0 Å². The average molecular weight is 236 g/mol. The lowest BCUT2D eigenvalue weighted by molar-refractivity contribution is -0.123. The summed E-state index contributed by atoms with van der Waals surface area (Å²) in [6.45, 7) is 4.25. The van der Waals surface area contributed by atoms with Crippen molar-refractivity contribution in [3.63, 3.8) is 0 Å². The smallest absolute Gasteiger partial charge is 0.220 e. The number of likely N-dealkylation sites (tertiary alicyclic amines) is 1. The molecule has 0 spiro atoms. The fourth-order valence-corrected chi connectivity index (χ4v) is 1.92. The van der Waals surface area contributed by atoms with Gasteiger partial charge in [-0.2, -0.15) is 0 Å². The molecule has 1 heterocycles. The number of primary amides is 1. The quantitative estimate of drug-likeness (QED) is 0.671. The van der Waals surface area contributed by atoms with Crippen molar-refractivity contribution in [3.05, 3.63) is 0 Å². The highest BCUT2D eigenvalue weighted by Gasteiger charge is 2.22. The molecule has 0 unspecified atom stereocenters. The number of hydrogen-bond acceptors (Lipinski definition) is 3. The lowest BCUT2D eigenvalue weighted by Gasteiger charge is -2.30. The number of amides is 1. The Labute approximate surface area is 98.0 Å². The summed E-state index contributed by atoms with van der Waals surface area (Å²) < 4.78 is 0. The summed E-state index contributed by atoms with van der Waals surface area (Å²) in [7, 11) is 1.97. The van der Waals surface area contributed by atoms with Crippen molar-refractivity contribution in [2.24, 2.45) is 11.7 Å². The van der Waals surface area contributed by atoms with E-state index < -0.39 is 0 Å². The van der Waals surface area contributed by atoms with Gasteiger partial charge in [0.1, 0.15) is 0 Å². The third-order valence-corrected chi connectivity index (χ3v) is 2.89. The van der Waals surface area contributed by atoms with Gasteiger partial charge >= 0.3 is 0 Å². The Morgan fingerprint density at radius 1 is 1.47 bits per heavy atom. The average Bonchev–Trinajstić information content (AvgIpc) is 2.19. The SMILES string of the molecule is CNCCCN1CCC(C(N)=O)CC1.Cl.